The van der Waals surface area contributed by atoms with Crippen molar-refractivity contribution in [2.45, 2.75) is 103 Å². The third-order valence-electron chi connectivity index (χ3n) is 7.19. The zero-order valence-corrected chi connectivity index (χ0v) is 25.0. The van der Waals surface area contributed by atoms with Crippen LogP contribution in [0, 0.1) is 0 Å². The van der Waals surface area contributed by atoms with Crippen LogP contribution in [0.15, 0.2) is 55.1 Å². The Balaban J connectivity index is 2.06. The summed E-state index contributed by atoms with van der Waals surface area (Å²) in [6, 6.07) is 11.9. The van der Waals surface area contributed by atoms with Crippen LogP contribution in [0.25, 0.3) is 6.08 Å². The Morgan fingerprint density at radius 1 is 1.12 bits per heavy atom. The maximum atomic E-state index is 14.5. The average Bonchev–Trinajstić information content (AvgIpc) is 2.87. The number of hydrogen-bond acceptors (Lipinski definition) is 5. The van der Waals surface area contributed by atoms with Crippen molar-refractivity contribution in [3.63, 3.8) is 0 Å². The molecule has 222 valence electrons. The molecule has 0 aliphatic heterocycles. The van der Waals surface area contributed by atoms with Gasteiger partial charge in [-0.15, -0.1) is 0 Å². The van der Waals surface area contributed by atoms with E-state index < -0.39 is 23.8 Å². The highest BCUT2D eigenvalue weighted by molar-refractivity contribution is 5.92. The van der Waals surface area contributed by atoms with Crippen molar-refractivity contribution in [2.75, 3.05) is 0 Å². The summed E-state index contributed by atoms with van der Waals surface area (Å²) in [5, 5.41) is 15.7. The summed E-state index contributed by atoms with van der Waals surface area (Å²) in [6.07, 6.45) is 5.36. The van der Waals surface area contributed by atoms with E-state index in [-0.39, 0.29) is 36.1 Å². The summed E-state index contributed by atoms with van der Waals surface area (Å²) < 4.78 is 5.51. The van der Waals surface area contributed by atoms with E-state index >= 15 is 0 Å². The van der Waals surface area contributed by atoms with E-state index in [1.54, 1.807) is 56.0 Å². The molecule has 1 saturated carbocycles. The number of carbonyl (C=O) groups excluding carboxylic acids is 3. The summed E-state index contributed by atoms with van der Waals surface area (Å²) in [5.74, 6) is -0.512. The lowest BCUT2D eigenvalue weighted by atomic mass is 9.87. The number of nitrogens with zero attached hydrogens (tertiary/aromatic N) is 1. The average molecular weight is 564 g/mol. The second-order valence-electron chi connectivity index (χ2n) is 11.9. The van der Waals surface area contributed by atoms with Gasteiger partial charge in [-0.05, 0) is 88.3 Å². The van der Waals surface area contributed by atoms with Gasteiger partial charge < -0.3 is 25.4 Å². The Morgan fingerprint density at radius 2 is 1.80 bits per heavy atom. The molecule has 41 heavy (non-hydrogen) atoms. The molecule has 8 heteroatoms. The van der Waals surface area contributed by atoms with Gasteiger partial charge in [0.05, 0.1) is 0 Å². The number of hydrogen-bond donors (Lipinski definition) is 3. The fraction of sp³-hybridized carbons (Fsp3) is 0.485. The highest BCUT2D eigenvalue weighted by atomic mass is 16.6. The van der Waals surface area contributed by atoms with Crippen molar-refractivity contribution in [3.05, 3.63) is 71.8 Å². The van der Waals surface area contributed by atoms with Crippen LogP contribution in [0.5, 0.6) is 5.75 Å². The number of phenolic OH excluding ortho intramolecular Hbond substituents is 1. The van der Waals surface area contributed by atoms with Crippen LogP contribution >= 0.6 is 0 Å². The lowest BCUT2D eigenvalue weighted by Crippen LogP contribution is -2.58. The zero-order chi connectivity index (χ0) is 30.2. The van der Waals surface area contributed by atoms with Crippen LogP contribution in [-0.2, 0) is 20.7 Å². The minimum Gasteiger partial charge on any atom is -0.508 e. The molecule has 1 aliphatic carbocycles. The molecule has 3 rings (SSSR count). The van der Waals surface area contributed by atoms with E-state index in [4.69, 9.17) is 4.74 Å². The van der Waals surface area contributed by atoms with Crippen molar-refractivity contribution >= 4 is 24.0 Å². The summed E-state index contributed by atoms with van der Waals surface area (Å²) in [5.41, 5.74) is 1.52. The Bertz CT molecular complexity index is 1200. The number of ether oxygens (including phenoxy) is 1. The Labute approximate surface area is 244 Å². The number of phenols is 1. The van der Waals surface area contributed by atoms with Gasteiger partial charge in [-0.25, -0.2) is 4.79 Å². The smallest absolute Gasteiger partial charge is 0.408 e. The molecule has 0 bridgehead atoms. The first-order valence-corrected chi connectivity index (χ1v) is 14.5. The number of aromatic hydroxyl groups is 1. The first kappa shape index (κ1) is 31.7. The van der Waals surface area contributed by atoms with Gasteiger partial charge in [0.2, 0.25) is 11.8 Å². The van der Waals surface area contributed by atoms with Gasteiger partial charge in [-0.1, -0.05) is 56.3 Å². The van der Waals surface area contributed by atoms with E-state index in [9.17, 15) is 19.5 Å². The second kappa shape index (κ2) is 14.2. The van der Waals surface area contributed by atoms with Crippen molar-refractivity contribution in [1.29, 1.82) is 0 Å². The molecule has 2 aromatic carbocycles. The van der Waals surface area contributed by atoms with E-state index in [1.807, 2.05) is 31.2 Å². The van der Waals surface area contributed by atoms with Crippen molar-refractivity contribution in [1.82, 2.24) is 15.5 Å². The standard InChI is InChI=1S/C33H45N3O5/c1-7-11-22(3)34-30(38)29(25-13-9-12-23(8-2)20-25)36(26-14-10-15-26)31(39)28(35-32(40)41-33(4,5)6)21-24-16-18-27(37)19-17-24/h8-9,12-13,16-20,22,26,28-29,37H,2,7,10-11,14-15,21H2,1,3-6H3,(H,34,38)(H,35,40). The van der Waals surface area contributed by atoms with Crippen LogP contribution in [0.3, 0.4) is 0 Å². The fourth-order valence-electron chi connectivity index (χ4n) is 5.00. The fourth-order valence-corrected chi connectivity index (χ4v) is 5.00. The summed E-state index contributed by atoms with van der Waals surface area (Å²) in [7, 11) is 0. The molecule has 2 aromatic rings. The third-order valence-corrected chi connectivity index (χ3v) is 7.19. The van der Waals surface area contributed by atoms with Crippen LogP contribution in [0.1, 0.15) is 89.5 Å². The van der Waals surface area contributed by atoms with E-state index in [0.29, 0.717) is 5.56 Å². The van der Waals surface area contributed by atoms with E-state index in [0.717, 1.165) is 43.2 Å². The molecule has 0 radical (unpaired) electrons. The van der Waals surface area contributed by atoms with Crippen LogP contribution in [0.4, 0.5) is 4.79 Å². The van der Waals surface area contributed by atoms with Crippen LogP contribution in [0.2, 0.25) is 0 Å². The summed E-state index contributed by atoms with van der Waals surface area (Å²) >= 11 is 0. The molecule has 3 unspecified atom stereocenters. The predicted octanol–water partition coefficient (Wildman–Crippen LogP) is 5.90. The molecule has 0 heterocycles. The zero-order valence-electron chi connectivity index (χ0n) is 25.0. The number of rotatable bonds is 12. The molecule has 3 atom stereocenters. The number of carbonyl (C=O) groups is 3. The molecule has 1 fully saturated rings. The maximum absolute atomic E-state index is 14.5. The number of amides is 3. The molecule has 1 aliphatic rings. The van der Waals surface area contributed by atoms with Gasteiger partial charge >= 0.3 is 6.09 Å². The molecule has 0 aromatic heterocycles. The number of alkyl carbamates (subject to hydrolysis) is 1. The van der Waals surface area contributed by atoms with Crippen molar-refractivity contribution in [2.24, 2.45) is 0 Å². The molecule has 3 amide bonds. The van der Waals surface area contributed by atoms with Crippen LogP contribution < -0.4 is 10.6 Å². The molecular weight excluding hydrogens is 518 g/mol. The number of benzene rings is 2. The van der Waals surface area contributed by atoms with Gasteiger partial charge in [0.1, 0.15) is 23.4 Å². The minimum absolute atomic E-state index is 0.0661. The highest BCUT2D eigenvalue weighted by Gasteiger charge is 2.42. The normalized spacial score (nSPS) is 15.5. The van der Waals surface area contributed by atoms with Gasteiger partial charge in [-0.3, -0.25) is 9.59 Å². The van der Waals surface area contributed by atoms with Crippen LogP contribution in [-0.4, -0.2) is 51.6 Å². The molecule has 0 spiro atoms. The molecule has 8 nitrogen and oxygen atoms in total. The Hall–Kier alpha value is -3.81. The van der Waals surface area contributed by atoms with Crippen molar-refractivity contribution in [3.8, 4) is 5.75 Å². The van der Waals surface area contributed by atoms with E-state index in [1.165, 1.54) is 0 Å². The van der Waals surface area contributed by atoms with Crippen molar-refractivity contribution < 1.29 is 24.2 Å². The highest BCUT2D eigenvalue weighted by Crippen LogP contribution is 2.34. The maximum Gasteiger partial charge on any atom is 0.408 e. The lowest BCUT2D eigenvalue weighted by molar-refractivity contribution is -0.147. The number of nitrogens with one attached hydrogen (secondary N) is 2. The van der Waals surface area contributed by atoms with Gasteiger partial charge in [0, 0.05) is 18.5 Å². The summed E-state index contributed by atoms with van der Waals surface area (Å²) in [4.78, 5) is 43.1. The molecular formula is C33H45N3O5. The quantitative estimate of drug-likeness (QED) is 0.298. The van der Waals surface area contributed by atoms with E-state index in [2.05, 4.69) is 24.1 Å². The second-order valence-corrected chi connectivity index (χ2v) is 11.9. The topological polar surface area (TPSA) is 108 Å². The first-order valence-electron chi connectivity index (χ1n) is 14.5. The molecule has 0 saturated heterocycles. The minimum atomic E-state index is -0.999. The first-order chi connectivity index (χ1) is 19.4. The molecule has 3 N–H and O–H groups in total. The SMILES string of the molecule is C=Cc1cccc(C(C(=O)NC(C)CCC)N(C(=O)C(Cc2ccc(O)cc2)NC(=O)OC(C)(C)C)C2CCC2)c1. The summed E-state index contributed by atoms with van der Waals surface area (Å²) in [6.45, 7) is 13.2. The predicted molar refractivity (Wildman–Crippen MR) is 161 cm³/mol. The van der Waals surface area contributed by atoms with Gasteiger partial charge in [0.15, 0.2) is 0 Å². The third kappa shape index (κ3) is 9.10. The Kier molecular flexibility index (Phi) is 11.0. The monoisotopic (exact) mass is 563 g/mol. The largest absolute Gasteiger partial charge is 0.508 e. The van der Waals surface area contributed by atoms with Gasteiger partial charge in [0.25, 0.3) is 0 Å². The Morgan fingerprint density at radius 3 is 2.37 bits per heavy atom. The van der Waals surface area contributed by atoms with Gasteiger partial charge in [-0.2, -0.15) is 0 Å². The lowest BCUT2D eigenvalue weighted by Gasteiger charge is -2.44.